The largest absolute Gasteiger partial charge is 0.462 e. The van der Waals surface area contributed by atoms with Gasteiger partial charge < -0.3 is 14.2 Å². The van der Waals surface area contributed by atoms with Gasteiger partial charge in [0.1, 0.15) is 13.2 Å². The van der Waals surface area contributed by atoms with Gasteiger partial charge in [-0.3, -0.25) is 14.4 Å². The number of esters is 3. The van der Waals surface area contributed by atoms with Crippen LogP contribution in [0.4, 0.5) is 0 Å². The van der Waals surface area contributed by atoms with Gasteiger partial charge in [0.2, 0.25) is 0 Å². The highest BCUT2D eigenvalue weighted by molar-refractivity contribution is 5.71. The van der Waals surface area contributed by atoms with Crippen LogP contribution in [0.25, 0.3) is 0 Å². The number of carbonyl (C=O) groups excluding carboxylic acids is 3. The van der Waals surface area contributed by atoms with E-state index in [0.29, 0.717) is 19.3 Å². The van der Waals surface area contributed by atoms with Crippen LogP contribution in [0.1, 0.15) is 304 Å². The molecular weight excluding hydrogens is 745 g/mol. The molecule has 0 N–H and O–H groups in total. The highest BCUT2D eigenvalue weighted by Crippen LogP contribution is 2.17. The summed E-state index contributed by atoms with van der Waals surface area (Å²) in [6, 6.07) is 0. The van der Waals surface area contributed by atoms with E-state index in [0.717, 1.165) is 63.7 Å². The molecule has 0 unspecified atom stereocenters. The van der Waals surface area contributed by atoms with Crippen molar-refractivity contribution in [2.75, 3.05) is 13.2 Å². The average molecular weight is 849 g/mol. The molecule has 60 heavy (non-hydrogen) atoms. The Morgan fingerprint density at radius 1 is 0.317 bits per heavy atom. The van der Waals surface area contributed by atoms with E-state index in [1.54, 1.807) is 0 Å². The van der Waals surface area contributed by atoms with Crippen LogP contribution in [0.5, 0.6) is 0 Å². The quantitative estimate of drug-likeness (QED) is 0.0345. The van der Waals surface area contributed by atoms with Crippen molar-refractivity contribution in [3.8, 4) is 0 Å². The van der Waals surface area contributed by atoms with Crippen molar-refractivity contribution in [1.82, 2.24) is 0 Å². The molecule has 0 radical (unpaired) electrons. The minimum atomic E-state index is -0.760. The van der Waals surface area contributed by atoms with Gasteiger partial charge in [0.05, 0.1) is 0 Å². The first kappa shape index (κ1) is 58.4. The summed E-state index contributed by atoms with van der Waals surface area (Å²) in [7, 11) is 0. The van der Waals surface area contributed by atoms with Gasteiger partial charge in [-0.05, 0) is 25.2 Å². The molecule has 0 bridgehead atoms. The molecule has 0 rings (SSSR count). The highest BCUT2D eigenvalue weighted by Gasteiger charge is 2.19. The van der Waals surface area contributed by atoms with Crippen molar-refractivity contribution in [3.63, 3.8) is 0 Å². The lowest BCUT2D eigenvalue weighted by Crippen LogP contribution is -2.30. The van der Waals surface area contributed by atoms with Gasteiger partial charge in [0, 0.05) is 19.3 Å². The molecule has 1 atom stereocenters. The number of hydrogen-bond acceptors (Lipinski definition) is 6. The summed E-state index contributed by atoms with van der Waals surface area (Å²) in [5.74, 6) is 0.00437. The molecule has 0 saturated heterocycles. The predicted molar refractivity (Wildman–Crippen MR) is 257 cm³/mol. The molecular formula is C54H104O6. The third-order valence-electron chi connectivity index (χ3n) is 12.3. The van der Waals surface area contributed by atoms with Gasteiger partial charge in [-0.25, -0.2) is 0 Å². The molecule has 0 aromatic carbocycles. The molecule has 0 aliphatic heterocycles. The molecule has 6 nitrogen and oxygen atoms in total. The molecule has 0 heterocycles. The first-order valence-electron chi connectivity index (χ1n) is 26.9. The van der Waals surface area contributed by atoms with Gasteiger partial charge in [-0.2, -0.15) is 0 Å². The van der Waals surface area contributed by atoms with Crippen molar-refractivity contribution in [2.45, 2.75) is 310 Å². The Hall–Kier alpha value is -1.59. The summed E-state index contributed by atoms with van der Waals surface area (Å²) < 4.78 is 16.8. The number of rotatable bonds is 49. The summed E-state index contributed by atoms with van der Waals surface area (Å²) in [5, 5.41) is 0. The van der Waals surface area contributed by atoms with Gasteiger partial charge in [-0.1, -0.05) is 265 Å². The van der Waals surface area contributed by atoms with Crippen LogP contribution >= 0.6 is 0 Å². The second-order valence-corrected chi connectivity index (χ2v) is 19.0. The minimum absolute atomic E-state index is 0.0624. The van der Waals surface area contributed by atoms with E-state index >= 15 is 0 Å². The molecule has 0 amide bonds. The molecule has 356 valence electrons. The molecule has 0 aliphatic rings. The lowest BCUT2D eigenvalue weighted by Gasteiger charge is -2.18. The van der Waals surface area contributed by atoms with E-state index in [2.05, 4.69) is 27.7 Å². The molecule has 0 fully saturated rings. The van der Waals surface area contributed by atoms with Gasteiger partial charge >= 0.3 is 17.9 Å². The van der Waals surface area contributed by atoms with E-state index in [9.17, 15) is 14.4 Å². The maximum absolute atomic E-state index is 12.8. The molecule has 0 aliphatic carbocycles. The van der Waals surface area contributed by atoms with Crippen LogP contribution in [-0.4, -0.2) is 37.2 Å². The second kappa shape index (κ2) is 48.4. The van der Waals surface area contributed by atoms with E-state index < -0.39 is 6.10 Å². The lowest BCUT2D eigenvalue weighted by atomic mass is 10.0. The Balaban J connectivity index is 4.24. The Bertz CT molecular complexity index is 903. The summed E-state index contributed by atoms with van der Waals surface area (Å²) in [4.78, 5) is 37.9. The third-order valence-corrected chi connectivity index (χ3v) is 12.3. The Kier molecular flexibility index (Phi) is 47.2. The van der Waals surface area contributed by atoms with Gasteiger partial charge in [-0.15, -0.1) is 0 Å². The van der Waals surface area contributed by atoms with Crippen LogP contribution in [-0.2, 0) is 28.6 Å². The molecule has 0 spiro atoms. The smallest absolute Gasteiger partial charge is 0.306 e. The van der Waals surface area contributed by atoms with Crippen LogP contribution in [0, 0.1) is 5.92 Å². The normalized spacial score (nSPS) is 11.9. The fraction of sp³-hybridized carbons (Fsp3) is 0.944. The Morgan fingerprint density at radius 2 is 0.550 bits per heavy atom. The topological polar surface area (TPSA) is 78.9 Å². The van der Waals surface area contributed by atoms with E-state index in [-0.39, 0.29) is 31.1 Å². The predicted octanol–water partition coefficient (Wildman–Crippen LogP) is 17.5. The second-order valence-electron chi connectivity index (χ2n) is 19.0. The third kappa shape index (κ3) is 47.5. The van der Waals surface area contributed by atoms with E-state index in [4.69, 9.17) is 14.2 Å². The highest BCUT2D eigenvalue weighted by atomic mass is 16.6. The van der Waals surface area contributed by atoms with Crippen LogP contribution in [0.3, 0.4) is 0 Å². The number of ether oxygens (including phenoxy) is 3. The Labute approximate surface area is 374 Å². The monoisotopic (exact) mass is 849 g/mol. The fourth-order valence-corrected chi connectivity index (χ4v) is 8.22. The average Bonchev–Trinajstić information content (AvgIpc) is 3.23. The number of unbranched alkanes of at least 4 members (excludes halogenated alkanes) is 36. The SMILES string of the molecule is CCCCCCCCCCCCCCCCCC(=O)OC[C@@H](COC(=O)CCCCCCCCCCC)OC(=O)CCCCCCCCCCCCCCCCCC(C)C. The number of carbonyl (C=O) groups is 3. The molecule has 0 aromatic heterocycles. The van der Waals surface area contributed by atoms with Gasteiger partial charge in [0.15, 0.2) is 6.10 Å². The van der Waals surface area contributed by atoms with Crippen molar-refractivity contribution >= 4 is 17.9 Å². The minimum Gasteiger partial charge on any atom is -0.462 e. The maximum Gasteiger partial charge on any atom is 0.306 e. The standard InChI is InChI=1S/C54H104O6/c1-5-7-9-11-13-15-16-17-19-23-26-30-34-38-42-46-53(56)59-49-51(48-58-52(55)45-41-37-33-28-14-12-10-8-6-2)60-54(57)47-43-39-35-31-27-24-21-18-20-22-25-29-32-36-40-44-50(3)4/h50-51H,5-49H2,1-4H3/t51-/m1/s1. The van der Waals surface area contributed by atoms with E-state index in [1.807, 2.05) is 0 Å². The van der Waals surface area contributed by atoms with Crippen LogP contribution < -0.4 is 0 Å². The number of hydrogen-bond donors (Lipinski definition) is 0. The Morgan fingerprint density at radius 3 is 0.817 bits per heavy atom. The van der Waals surface area contributed by atoms with E-state index in [1.165, 1.54) is 199 Å². The van der Waals surface area contributed by atoms with Crippen LogP contribution in [0.2, 0.25) is 0 Å². The summed E-state index contributed by atoms with van der Waals surface area (Å²) in [5.41, 5.74) is 0. The van der Waals surface area contributed by atoms with Gasteiger partial charge in [0.25, 0.3) is 0 Å². The zero-order valence-electron chi connectivity index (χ0n) is 40.9. The molecule has 0 saturated carbocycles. The van der Waals surface area contributed by atoms with Crippen molar-refractivity contribution in [2.24, 2.45) is 5.92 Å². The first-order valence-corrected chi connectivity index (χ1v) is 26.9. The van der Waals surface area contributed by atoms with Crippen LogP contribution in [0.15, 0.2) is 0 Å². The fourth-order valence-electron chi connectivity index (χ4n) is 8.22. The zero-order chi connectivity index (χ0) is 43.8. The maximum atomic E-state index is 12.8. The summed E-state index contributed by atoms with van der Waals surface area (Å²) in [6.45, 7) is 9.03. The molecule has 0 aromatic rings. The van der Waals surface area contributed by atoms with Crippen molar-refractivity contribution in [1.29, 1.82) is 0 Å². The zero-order valence-corrected chi connectivity index (χ0v) is 40.9. The first-order chi connectivity index (χ1) is 29.4. The molecule has 6 heteroatoms. The van der Waals surface area contributed by atoms with Crippen molar-refractivity contribution < 1.29 is 28.6 Å². The summed E-state index contributed by atoms with van der Waals surface area (Å²) in [6.07, 6.45) is 50.9. The lowest BCUT2D eigenvalue weighted by molar-refractivity contribution is -0.167. The summed E-state index contributed by atoms with van der Waals surface area (Å²) >= 11 is 0. The van der Waals surface area contributed by atoms with Crippen molar-refractivity contribution in [3.05, 3.63) is 0 Å².